The summed E-state index contributed by atoms with van der Waals surface area (Å²) in [7, 11) is 0. The molecule has 1 aromatic rings. The molecule has 25 heavy (non-hydrogen) atoms. The SMILES string of the molecule is CCNC(=NCC(=O)NC(C)(C)C)NCCOc1cccc(F)c1.I. The fraction of sp³-hybridized carbons (Fsp3) is 0.529. The lowest BCUT2D eigenvalue weighted by atomic mass is 10.1. The quantitative estimate of drug-likeness (QED) is 0.250. The molecule has 0 aliphatic heterocycles. The van der Waals surface area contributed by atoms with Crippen molar-refractivity contribution in [3.8, 4) is 5.75 Å². The average molecular weight is 466 g/mol. The van der Waals surface area contributed by atoms with E-state index in [1.165, 1.54) is 12.1 Å². The van der Waals surface area contributed by atoms with Crippen molar-refractivity contribution in [2.45, 2.75) is 33.2 Å². The molecule has 0 radical (unpaired) electrons. The number of hydrogen-bond donors (Lipinski definition) is 3. The molecular weight excluding hydrogens is 438 g/mol. The van der Waals surface area contributed by atoms with Crippen molar-refractivity contribution in [1.29, 1.82) is 0 Å². The largest absolute Gasteiger partial charge is 0.492 e. The topological polar surface area (TPSA) is 74.8 Å². The minimum absolute atomic E-state index is 0. The van der Waals surface area contributed by atoms with Crippen LogP contribution in [0.3, 0.4) is 0 Å². The number of halogens is 2. The zero-order valence-corrected chi connectivity index (χ0v) is 17.5. The Morgan fingerprint density at radius 3 is 2.60 bits per heavy atom. The van der Waals surface area contributed by atoms with Crippen molar-refractivity contribution < 1.29 is 13.9 Å². The Bertz CT molecular complexity index is 562. The van der Waals surface area contributed by atoms with Gasteiger partial charge in [0.25, 0.3) is 0 Å². The number of ether oxygens (including phenoxy) is 1. The van der Waals surface area contributed by atoms with Gasteiger partial charge in [-0.15, -0.1) is 24.0 Å². The summed E-state index contributed by atoms with van der Waals surface area (Å²) in [6.45, 7) is 9.24. The Kier molecular flexibility index (Phi) is 11.1. The van der Waals surface area contributed by atoms with Crippen LogP contribution in [-0.2, 0) is 4.79 Å². The van der Waals surface area contributed by atoms with Crippen molar-refractivity contribution in [2.75, 3.05) is 26.2 Å². The zero-order valence-electron chi connectivity index (χ0n) is 15.2. The van der Waals surface area contributed by atoms with Gasteiger partial charge in [0.2, 0.25) is 5.91 Å². The van der Waals surface area contributed by atoms with E-state index in [2.05, 4.69) is 20.9 Å². The van der Waals surface area contributed by atoms with E-state index in [0.717, 1.165) is 0 Å². The third-order valence-corrected chi connectivity index (χ3v) is 2.70. The minimum Gasteiger partial charge on any atom is -0.492 e. The Balaban J connectivity index is 0.00000576. The number of aliphatic imine (C=N–C) groups is 1. The number of nitrogens with zero attached hydrogens (tertiary/aromatic N) is 1. The highest BCUT2D eigenvalue weighted by Crippen LogP contribution is 2.11. The molecule has 1 aromatic carbocycles. The van der Waals surface area contributed by atoms with Gasteiger partial charge in [-0.05, 0) is 39.8 Å². The standard InChI is InChI=1S/C17H27FN4O2.HI/c1-5-19-16(21-12-15(23)22-17(2,3)4)20-9-10-24-14-8-6-7-13(18)11-14;/h6-8,11H,5,9-10,12H2,1-4H3,(H,22,23)(H2,19,20,21);1H. The molecule has 0 saturated heterocycles. The molecular formula is C17H28FIN4O2. The fourth-order valence-electron chi connectivity index (χ4n) is 1.85. The maximum atomic E-state index is 13.0. The van der Waals surface area contributed by atoms with Gasteiger partial charge in [-0.3, -0.25) is 4.79 Å². The van der Waals surface area contributed by atoms with Crippen LogP contribution in [0.2, 0.25) is 0 Å². The number of carbonyl (C=O) groups is 1. The van der Waals surface area contributed by atoms with Crippen LogP contribution in [0.1, 0.15) is 27.7 Å². The van der Waals surface area contributed by atoms with Crippen LogP contribution in [0.4, 0.5) is 4.39 Å². The summed E-state index contributed by atoms with van der Waals surface area (Å²) in [6.07, 6.45) is 0. The smallest absolute Gasteiger partial charge is 0.242 e. The van der Waals surface area contributed by atoms with E-state index in [1.807, 2.05) is 27.7 Å². The molecule has 0 atom stereocenters. The molecule has 0 unspecified atom stereocenters. The number of rotatable bonds is 7. The summed E-state index contributed by atoms with van der Waals surface area (Å²) >= 11 is 0. The van der Waals surface area contributed by atoms with Crippen molar-refractivity contribution in [3.63, 3.8) is 0 Å². The monoisotopic (exact) mass is 466 g/mol. The maximum absolute atomic E-state index is 13.0. The Morgan fingerprint density at radius 2 is 2.00 bits per heavy atom. The zero-order chi connectivity index (χ0) is 18.0. The molecule has 6 nitrogen and oxygen atoms in total. The van der Waals surface area contributed by atoms with Crippen LogP contribution in [-0.4, -0.2) is 43.6 Å². The van der Waals surface area contributed by atoms with Crippen molar-refractivity contribution in [1.82, 2.24) is 16.0 Å². The minimum atomic E-state index is -0.333. The van der Waals surface area contributed by atoms with E-state index in [-0.39, 0.29) is 47.8 Å². The lowest BCUT2D eigenvalue weighted by Crippen LogP contribution is -2.43. The van der Waals surface area contributed by atoms with E-state index in [4.69, 9.17) is 4.74 Å². The van der Waals surface area contributed by atoms with E-state index >= 15 is 0 Å². The van der Waals surface area contributed by atoms with Crippen LogP contribution in [0.25, 0.3) is 0 Å². The molecule has 0 heterocycles. The Hall–Kier alpha value is -1.58. The van der Waals surface area contributed by atoms with E-state index in [9.17, 15) is 9.18 Å². The molecule has 0 aliphatic rings. The fourth-order valence-corrected chi connectivity index (χ4v) is 1.85. The highest BCUT2D eigenvalue weighted by molar-refractivity contribution is 14.0. The van der Waals surface area contributed by atoms with Gasteiger partial charge in [-0.1, -0.05) is 6.07 Å². The van der Waals surface area contributed by atoms with Crippen molar-refractivity contribution >= 4 is 35.8 Å². The summed E-state index contributed by atoms with van der Waals surface area (Å²) in [5, 5.41) is 8.96. The number of amides is 1. The molecule has 0 aliphatic carbocycles. The lowest BCUT2D eigenvalue weighted by Gasteiger charge is -2.20. The molecule has 0 fully saturated rings. The summed E-state index contributed by atoms with van der Waals surface area (Å²) in [6, 6.07) is 5.98. The van der Waals surface area contributed by atoms with E-state index in [1.54, 1.807) is 12.1 Å². The molecule has 0 spiro atoms. The van der Waals surface area contributed by atoms with Crippen LogP contribution in [0, 0.1) is 5.82 Å². The molecule has 1 rings (SSSR count). The van der Waals surface area contributed by atoms with Crippen LogP contribution >= 0.6 is 24.0 Å². The molecule has 0 saturated carbocycles. The highest BCUT2D eigenvalue weighted by Gasteiger charge is 2.13. The van der Waals surface area contributed by atoms with Gasteiger partial charge in [-0.25, -0.2) is 9.38 Å². The first-order valence-electron chi connectivity index (χ1n) is 8.01. The number of nitrogens with one attached hydrogen (secondary N) is 3. The van der Waals surface area contributed by atoms with Crippen molar-refractivity contribution in [2.24, 2.45) is 4.99 Å². The highest BCUT2D eigenvalue weighted by atomic mass is 127. The van der Waals surface area contributed by atoms with E-state index < -0.39 is 0 Å². The third kappa shape index (κ3) is 11.6. The molecule has 8 heteroatoms. The normalized spacial score (nSPS) is 11.3. The maximum Gasteiger partial charge on any atom is 0.242 e. The van der Waals surface area contributed by atoms with Gasteiger partial charge < -0.3 is 20.7 Å². The molecule has 142 valence electrons. The second-order valence-electron chi connectivity index (χ2n) is 6.23. The lowest BCUT2D eigenvalue weighted by molar-refractivity contribution is -0.121. The first-order valence-corrected chi connectivity index (χ1v) is 8.01. The summed E-state index contributed by atoms with van der Waals surface area (Å²) in [5.74, 6) is 0.531. The Labute approximate surface area is 166 Å². The van der Waals surface area contributed by atoms with Gasteiger partial charge in [0.15, 0.2) is 5.96 Å². The van der Waals surface area contributed by atoms with Crippen molar-refractivity contribution in [3.05, 3.63) is 30.1 Å². The van der Waals surface area contributed by atoms with Gasteiger partial charge in [0.05, 0.1) is 6.54 Å². The Morgan fingerprint density at radius 1 is 1.28 bits per heavy atom. The number of guanidine groups is 1. The third-order valence-electron chi connectivity index (χ3n) is 2.70. The predicted octanol–water partition coefficient (Wildman–Crippen LogP) is 2.29. The van der Waals surface area contributed by atoms with Gasteiger partial charge in [0, 0.05) is 18.2 Å². The first kappa shape index (κ1) is 23.4. The van der Waals surface area contributed by atoms with E-state index in [0.29, 0.717) is 31.4 Å². The number of benzene rings is 1. The number of hydrogen-bond acceptors (Lipinski definition) is 3. The summed E-state index contributed by atoms with van der Waals surface area (Å²) in [5.41, 5.74) is -0.281. The van der Waals surface area contributed by atoms with Crippen LogP contribution in [0.5, 0.6) is 5.75 Å². The van der Waals surface area contributed by atoms with Gasteiger partial charge in [0.1, 0.15) is 24.7 Å². The van der Waals surface area contributed by atoms with Crippen LogP contribution < -0.4 is 20.7 Å². The molecule has 1 amide bonds. The summed E-state index contributed by atoms with van der Waals surface area (Å²) < 4.78 is 18.5. The average Bonchev–Trinajstić information content (AvgIpc) is 2.47. The van der Waals surface area contributed by atoms with Gasteiger partial charge in [-0.2, -0.15) is 0 Å². The van der Waals surface area contributed by atoms with Gasteiger partial charge >= 0.3 is 0 Å². The predicted molar refractivity (Wildman–Crippen MR) is 109 cm³/mol. The second-order valence-corrected chi connectivity index (χ2v) is 6.23. The molecule has 0 aromatic heterocycles. The molecule has 0 bridgehead atoms. The first-order chi connectivity index (χ1) is 11.3. The number of carbonyl (C=O) groups excluding carboxylic acids is 1. The molecule has 3 N–H and O–H groups in total. The van der Waals surface area contributed by atoms with Crippen LogP contribution in [0.15, 0.2) is 29.3 Å². The summed E-state index contributed by atoms with van der Waals surface area (Å²) in [4.78, 5) is 16.0. The second kappa shape index (κ2) is 11.9.